The molecule has 3 aromatic carbocycles. The number of carbonyl (C=O) groups is 2. The van der Waals surface area contributed by atoms with Crippen LogP contribution in [0.5, 0.6) is 0 Å². The monoisotopic (exact) mass is 481 g/mol. The van der Waals surface area contributed by atoms with Gasteiger partial charge in [0.15, 0.2) is 0 Å². The van der Waals surface area contributed by atoms with Gasteiger partial charge >= 0.3 is 5.97 Å². The van der Waals surface area contributed by atoms with Crippen LogP contribution in [0.3, 0.4) is 0 Å². The Hall–Kier alpha value is -4.52. The maximum atomic E-state index is 13.7. The minimum Gasteiger partial charge on any atom is -0.462 e. The van der Waals surface area contributed by atoms with Crippen LogP contribution < -0.4 is 10.9 Å². The predicted molar refractivity (Wildman–Crippen MR) is 140 cm³/mol. The van der Waals surface area contributed by atoms with Gasteiger partial charge < -0.3 is 10.1 Å². The van der Waals surface area contributed by atoms with Crippen LogP contribution in [0.1, 0.15) is 41.0 Å². The van der Waals surface area contributed by atoms with Crippen LogP contribution >= 0.6 is 0 Å². The van der Waals surface area contributed by atoms with E-state index >= 15 is 0 Å². The van der Waals surface area contributed by atoms with Crippen LogP contribution in [0.4, 0.5) is 5.69 Å². The van der Waals surface area contributed by atoms with Gasteiger partial charge in [0, 0.05) is 23.4 Å². The Kier molecular flexibility index (Phi) is 7.70. The quantitative estimate of drug-likeness (QED) is 0.340. The highest BCUT2D eigenvalue weighted by Crippen LogP contribution is 2.32. The maximum Gasteiger partial charge on any atom is 0.338 e. The largest absolute Gasteiger partial charge is 0.462 e. The van der Waals surface area contributed by atoms with Crippen LogP contribution in [0.2, 0.25) is 0 Å². The number of hydrogen-bond acceptors (Lipinski definition) is 5. The standard InChI is InChI=1S/C29H27N3O4/c1-3-18-36-29(35)22-16-11-17-23(19-22)30-27(33)25-24(20-12-7-5-8-13-20)26(21-14-9-6-10-15-21)31-32(4-2)28(25)34/h5-17,19H,3-4,18H2,1-2H3,(H,30,33). The van der Waals surface area contributed by atoms with Gasteiger partial charge in [0.1, 0.15) is 5.56 Å². The van der Waals surface area contributed by atoms with E-state index in [1.165, 1.54) is 10.7 Å². The van der Waals surface area contributed by atoms with Gasteiger partial charge in [0.05, 0.1) is 17.9 Å². The molecule has 0 spiro atoms. The molecule has 7 heteroatoms. The lowest BCUT2D eigenvalue weighted by Gasteiger charge is -2.17. The number of ether oxygens (including phenoxy) is 1. The zero-order valence-electron chi connectivity index (χ0n) is 20.2. The molecule has 0 aliphatic carbocycles. The van der Waals surface area contributed by atoms with E-state index in [0.717, 1.165) is 5.56 Å². The van der Waals surface area contributed by atoms with E-state index < -0.39 is 17.4 Å². The van der Waals surface area contributed by atoms with E-state index in [0.29, 0.717) is 47.6 Å². The maximum absolute atomic E-state index is 13.7. The van der Waals surface area contributed by atoms with E-state index in [1.807, 2.05) is 67.6 Å². The minimum absolute atomic E-state index is 0.0177. The summed E-state index contributed by atoms with van der Waals surface area (Å²) < 4.78 is 6.49. The number of carbonyl (C=O) groups excluding carboxylic acids is 2. The Morgan fingerprint density at radius 1 is 0.889 bits per heavy atom. The van der Waals surface area contributed by atoms with Gasteiger partial charge in [-0.2, -0.15) is 5.10 Å². The molecular weight excluding hydrogens is 454 g/mol. The van der Waals surface area contributed by atoms with Gasteiger partial charge in [-0.1, -0.05) is 73.7 Å². The third kappa shape index (κ3) is 5.25. The topological polar surface area (TPSA) is 90.3 Å². The molecule has 0 saturated carbocycles. The van der Waals surface area contributed by atoms with Crippen LogP contribution in [-0.4, -0.2) is 28.3 Å². The summed E-state index contributed by atoms with van der Waals surface area (Å²) in [6.45, 7) is 4.33. The third-order valence-corrected chi connectivity index (χ3v) is 5.59. The molecule has 7 nitrogen and oxygen atoms in total. The molecule has 1 N–H and O–H groups in total. The van der Waals surface area contributed by atoms with Crippen molar-refractivity contribution in [2.45, 2.75) is 26.8 Å². The van der Waals surface area contributed by atoms with Crippen molar-refractivity contribution in [3.05, 3.63) is 106 Å². The number of hydrogen-bond donors (Lipinski definition) is 1. The molecule has 4 aromatic rings. The Bertz CT molecular complexity index is 1430. The minimum atomic E-state index is -0.584. The second-order valence-corrected chi connectivity index (χ2v) is 8.12. The highest BCUT2D eigenvalue weighted by Gasteiger charge is 2.25. The van der Waals surface area contributed by atoms with Gasteiger partial charge in [-0.05, 0) is 37.1 Å². The predicted octanol–water partition coefficient (Wildman–Crippen LogP) is 5.42. The Labute approximate surface area is 209 Å². The average molecular weight is 482 g/mol. The number of benzene rings is 3. The SMILES string of the molecule is CCCOC(=O)c1cccc(NC(=O)c2c(-c3ccccc3)c(-c3ccccc3)nn(CC)c2=O)c1. The summed E-state index contributed by atoms with van der Waals surface area (Å²) in [6.07, 6.45) is 0.708. The summed E-state index contributed by atoms with van der Waals surface area (Å²) in [5.74, 6) is -1.05. The van der Waals surface area contributed by atoms with Crippen molar-refractivity contribution in [2.24, 2.45) is 0 Å². The highest BCUT2D eigenvalue weighted by molar-refractivity contribution is 6.10. The average Bonchev–Trinajstić information content (AvgIpc) is 2.92. The van der Waals surface area contributed by atoms with E-state index in [1.54, 1.807) is 25.1 Å². The lowest BCUT2D eigenvalue weighted by Crippen LogP contribution is -2.32. The normalized spacial score (nSPS) is 10.6. The molecule has 0 fully saturated rings. The smallest absolute Gasteiger partial charge is 0.338 e. The first-order valence-corrected chi connectivity index (χ1v) is 11.9. The molecule has 0 aliphatic rings. The van der Waals surface area contributed by atoms with Crippen LogP contribution in [0.15, 0.2) is 89.7 Å². The molecule has 36 heavy (non-hydrogen) atoms. The third-order valence-electron chi connectivity index (χ3n) is 5.59. The van der Waals surface area contributed by atoms with Gasteiger partial charge in [-0.25, -0.2) is 9.48 Å². The molecular formula is C29H27N3O4. The molecule has 1 amide bonds. The molecule has 1 aromatic heterocycles. The van der Waals surface area contributed by atoms with E-state index in [-0.39, 0.29) is 5.56 Å². The molecule has 0 radical (unpaired) electrons. The lowest BCUT2D eigenvalue weighted by atomic mass is 9.95. The highest BCUT2D eigenvalue weighted by atomic mass is 16.5. The fourth-order valence-corrected chi connectivity index (χ4v) is 3.88. The molecule has 0 atom stereocenters. The molecule has 1 heterocycles. The molecule has 0 bridgehead atoms. The van der Waals surface area contributed by atoms with Crippen LogP contribution in [0.25, 0.3) is 22.4 Å². The van der Waals surface area contributed by atoms with Crippen LogP contribution in [0, 0.1) is 0 Å². The number of amides is 1. The van der Waals surface area contributed by atoms with Crippen LogP contribution in [-0.2, 0) is 11.3 Å². The first kappa shape index (κ1) is 24.6. The number of rotatable bonds is 8. The number of anilines is 1. The number of nitrogens with one attached hydrogen (secondary N) is 1. The molecule has 0 saturated heterocycles. The Morgan fingerprint density at radius 3 is 2.19 bits per heavy atom. The Morgan fingerprint density at radius 2 is 1.56 bits per heavy atom. The lowest BCUT2D eigenvalue weighted by molar-refractivity contribution is 0.0505. The van der Waals surface area contributed by atoms with Gasteiger partial charge in [-0.15, -0.1) is 0 Å². The molecule has 4 rings (SSSR count). The zero-order chi connectivity index (χ0) is 25.5. The fraction of sp³-hybridized carbons (Fsp3) is 0.172. The number of aromatic nitrogens is 2. The van der Waals surface area contributed by atoms with Crippen molar-refractivity contribution in [2.75, 3.05) is 11.9 Å². The zero-order valence-corrected chi connectivity index (χ0v) is 20.2. The Balaban J connectivity index is 1.84. The van der Waals surface area contributed by atoms with Gasteiger partial charge in [0.2, 0.25) is 0 Å². The summed E-state index contributed by atoms with van der Waals surface area (Å²) >= 11 is 0. The van der Waals surface area contributed by atoms with Crippen molar-refractivity contribution in [3.8, 4) is 22.4 Å². The number of nitrogens with zero attached hydrogens (tertiary/aromatic N) is 2. The second kappa shape index (κ2) is 11.3. The van der Waals surface area contributed by atoms with Crippen molar-refractivity contribution < 1.29 is 14.3 Å². The van der Waals surface area contributed by atoms with E-state index in [2.05, 4.69) is 10.4 Å². The summed E-state index contributed by atoms with van der Waals surface area (Å²) in [5.41, 5.74) is 2.65. The van der Waals surface area contributed by atoms with Crippen molar-refractivity contribution >= 4 is 17.6 Å². The van der Waals surface area contributed by atoms with Gasteiger partial charge in [-0.3, -0.25) is 9.59 Å². The summed E-state index contributed by atoms with van der Waals surface area (Å²) in [4.78, 5) is 39.4. The number of esters is 1. The van der Waals surface area contributed by atoms with E-state index in [4.69, 9.17) is 4.74 Å². The molecule has 0 unspecified atom stereocenters. The summed E-state index contributed by atoms with van der Waals surface area (Å²) in [5, 5.41) is 7.42. The molecule has 182 valence electrons. The first-order chi connectivity index (χ1) is 17.5. The van der Waals surface area contributed by atoms with Crippen molar-refractivity contribution in [1.29, 1.82) is 0 Å². The van der Waals surface area contributed by atoms with Crippen molar-refractivity contribution in [1.82, 2.24) is 9.78 Å². The van der Waals surface area contributed by atoms with Gasteiger partial charge in [0.25, 0.3) is 11.5 Å². The first-order valence-electron chi connectivity index (χ1n) is 11.9. The second-order valence-electron chi connectivity index (χ2n) is 8.12. The molecule has 0 aliphatic heterocycles. The van der Waals surface area contributed by atoms with Crippen molar-refractivity contribution in [3.63, 3.8) is 0 Å². The number of aryl methyl sites for hydroxylation is 1. The summed E-state index contributed by atoms with van der Waals surface area (Å²) in [7, 11) is 0. The fourth-order valence-electron chi connectivity index (χ4n) is 3.88. The van der Waals surface area contributed by atoms with E-state index in [9.17, 15) is 14.4 Å². The summed E-state index contributed by atoms with van der Waals surface area (Å²) in [6, 6.07) is 25.2.